The van der Waals surface area contributed by atoms with Crippen LogP contribution in [-0.4, -0.2) is 10.7 Å². The Hall–Kier alpha value is -0.560. The van der Waals surface area contributed by atoms with E-state index in [1.807, 2.05) is 6.92 Å². The first kappa shape index (κ1) is 10.4. The number of aliphatic hydroxyl groups is 1. The maximum atomic E-state index is 9.52. The third-order valence-corrected chi connectivity index (χ3v) is 1.96. The van der Waals surface area contributed by atoms with Crippen LogP contribution in [-0.2, 0) is 0 Å². The number of allylic oxidation sites excluding steroid dienone is 2. The van der Waals surface area contributed by atoms with E-state index >= 15 is 0 Å². The van der Waals surface area contributed by atoms with Gasteiger partial charge in [0, 0.05) is 0 Å². The quantitative estimate of drug-likeness (QED) is 0.617. The summed E-state index contributed by atoms with van der Waals surface area (Å²) in [6, 6.07) is 0. The molecule has 0 amide bonds. The molecule has 1 atom stereocenters. The highest BCUT2D eigenvalue weighted by molar-refractivity contribution is 5.00. The van der Waals surface area contributed by atoms with Crippen LogP contribution in [0.4, 0.5) is 0 Å². The molecular weight excluding hydrogens is 136 g/mol. The molecule has 0 aliphatic rings. The molecule has 0 aromatic heterocycles. The summed E-state index contributed by atoms with van der Waals surface area (Å²) in [5.74, 6) is 0. The highest BCUT2D eigenvalue weighted by Gasteiger charge is 2.13. The summed E-state index contributed by atoms with van der Waals surface area (Å²) < 4.78 is 0. The molecule has 1 heteroatoms. The van der Waals surface area contributed by atoms with E-state index in [0.29, 0.717) is 0 Å². The molecule has 0 heterocycles. The Kier molecular flexibility index (Phi) is 4.12. The maximum Gasteiger partial charge on any atom is 0.0800 e. The minimum atomic E-state index is -0.704. The van der Waals surface area contributed by atoms with E-state index < -0.39 is 5.60 Å². The molecule has 0 aliphatic carbocycles. The second-order valence-corrected chi connectivity index (χ2v) is 3.20. The van der Waals surface area contributed by atoms with E-state index in [2.05, 4.69) is 19.6 Å². The number of hydrogen-bond donors (Lipinski definition) is 1. The fourth-order valence-corrected chi connectivity index (χ4v) is 0.697. The first-order valence-electron chi connectivity index (χ1n) is 3.99. The zero-order chi connectivity index (χ0) is 8.91. The van der Waals surface area contributed by atoms with Crippen LogP contribution in [0.15, 0.2) is 24.3 Å². The Morgan fingerprint density at radius 1 is 1.64 bits per heavy atom. The molecule has 0 saturated heterocycles. The standard InChI is InChI=1S/C10H18O/c1-5-9(3)7-8-10(4,11)6-2/h5-6,11H,2,7-8H2,1,3-4H3/b9-5+. The van der Waals surface area contributed by atoms with Gasteiger partial charge in [0.05, 0.1) is 5.60 Å². The number of hydrogen-bond acceptors (Lipinski definition) is 1. The lowest BCUT2D eigenvalue weighted by atomic mass is 9.98. The van der Waals surface area contributed by atoms with Gasteiger partial charge in [-0.05, 0) is 33.6 Å². The molecule has 11 heavy (non-hydrogen) atoms. The molecule has 0 aliphatic heterocycles. The van der Waals surface area contributed by atoms with Crippen molar-refractivity contribution in [1.29, 1.82) is 0 Å². The molecule has 0 spiro atoms. The summed E-state index contributed by atoms with van der Waals surface area (Å²) in [6.07, 6.45) is 5.36. The largest absolute Gasteiger partial charge is 0.386 e. The van der Waals surface area contributed by atoms with E-state index in [4.69, 9.17) is 0 Å². The first-order valence-corrected chi connectivity index (χ1v) is 3.99. The van der Waals surface area contributed by atoms with E-state index in [9.17, 15) is 5.11 Å². The third kappa shape index (κ3) is 4.79. The predicted octanol–water partition coefficient (Wildman–Crippen LogP) is 2.67. The first-order chi connectivity index (χ1) is 5.02. The van der Waals surface area contributed by atoms with Crippen LogP contribution in [0.5, 0.6) is 0 Å². The van der Waals surface area contributed by atoms with Gasteiger partial charge in [0.25, 0.3) is 0 Å². The molecule has 1 nitrogen and oxygen atoms in total. The zero-order valence-electron chi connectivity index (χ0n) is 7.72. The second kappa shape index (κ2) is 4.35. The monoisotopic (exact) mass is 154 g/mol. The summed E-state index contributed by atoms with van der Waals surface area (Å²) in [5.41, 5.74) is 0.608. The predicted molar refractivity (Wildman–Crippen MR) is 49.5 cm³/mol. The molecule has 0 rings (SSSR count). The number of rotatable bonds is 4. The Balaban J connectivity index is 3.79. The second-order valence-electron chi connectivity index (χ2n) is 3.20. The van der Waals surface area contributed by atoms with E-state index in [1.165, 1.54) is 5.57 Å². The van der Waals surface area contributed by atoms with Crippen LogP contribution in [0.1, 0.15) is 33.6 Å². The van der Waals surface area contributed by atoms with Gasteiger partial charge in [0.2, 0.25) is 0 Å². The molecule has 0 fully saturated rings. The van der Waals surface area contributed by atoms with Gasteiger partial charge in [-0.3, -0.25) is 0 Å². The molecule has 0 radical (unpaired) electrons. The van der Waals surface area contributed by atoms with Crippen molar-refractivity contribution in [3.8, 4) is 0 Å². The van der Waals surface area contributed by atoms with Crippen LogP contribution < -0.4 is 0 Å². The van der Waals surface area contributed by atoms with Gasteiger partial charge in [-0.15, -0.1) is 6.58 Å². The molecular formula is C10H18O. The van der Waals surface area contributed by atoms with Gasteiger partial charge in [-0.1, -0.05) is 17.7 Å². The zero-order valence-corrected chi connectivity index (χ0v) is 7.72. The summed E-state index contributed by atoms with van der Waals surface area (Å²) >= 11 is 0. The van der Waals surface area contributed by atoms with E-state index in [-0.39, 0.29) is 0 Å². The van der Waals surface area contributed by atoms with E-state index in [1.54, 1.807) is 13.0 Å². The fraction of sp³-hybridized carbons (Fsp3) is 0.600. The molecule has 64 valence electrons. The average Bonchev–Trinajstić information content (AvgIpc) is 2.00. The Labute approximate surface area is 69.4 Å². The minimum Gasteiger partial charge on any atom is -0.386 e. The van der Waals surface area contributed by atoms with Gasteiger partial charge < -0.3 is 5.11 Å². The molecule has 1 unspecified atom stereocenters. The highest BCUT2D eigenvalue weighted by Crippen LogP contribution is 2.16. The lowest BCUT2D eigenvalue weighted by molar-refractivity contribution is 0.103. The van der Waals surface area contributed by atoms with Gasteiger partial charge in [0.15, 0.2) is 0 Å². The van der Waals surface area contributed by atoms with Gasteiger partial charge in [-0.2, -0.15) is 0 Å². The lowest BCUT2D eigenvalue weighted by Gasteiger charge is -2.17. The summed E-state index contributed by atoms with van der Waals surface area (Å²) in [5, 5.41) is 9.52. The van der Waals surface area contributed by atoms with Crippen molar-refractivity contribution < 1.29 is 5.11 Å². The van der Waals surface area contributed by atoms with Crippen LogP contribution in [0.2, 0.25) is 0 Å². The molecule has 0 bridgehead atoms. The Morgan fingerprint density at radius 3 is 2.55 bits per heavy atom. The van der Waals surface area contributed by atoms with Crippen molar-refractivity contribution in [2.24, 2.45) is 0 Å². The minimum absolute atomic E-state index is 0.704. The Bertz CT molecular complexity index is 154. The smallest absolute Gasteiger partial charge is 0.0800 e. The molecule has 0 aromatic carbocycles. The van der Waals surface area contributed by atoms with Crippen molar-refractivity contribution in [3.05, 3.63) is 24.3 Å². The van der Waals surface area contributed by atoms with Crippen molar-refractivity contribution in [2.45, 2.75) is 39.2 Å². The molecule has 0 saturated carbocycles. The van der Waals surface area contributed by atoms with Crippen molar-refractivity contribution in [1.82, 2.24) is 0 Å². The van der Waals surface area contributed by atoms with Crippen molar-refractivity contribution in [2.75, 3.05) is 0 Å². The van der Waals surface area contributed by atoms with Crippen LogP contribution in [0, 0.1) is 0 Å². The van der Waals surface area contributed by atoms with Gasteiger partial charge >= 0.3 is 0 Å². The van der Waals surface area contributed by atoms with Crippen LogP contribution in [0.3, 0.4) is 0 Å². The Morgan fingerprint density at radius 2 is 2.18 bits per heavy atom. The summed E-state index contributed by atoms with van der Waals surface area (Å²) in [6.45, 7) is 9.43. The normalized spacial score (nSPS) is 17.6. The van der Waals surface area contributed by atoms with Crippen LogP contribution in [0.25, 0.3) is 0 Å². The van der Waals surface area contributed by atoms with Gasteiger partial charge in [0.1, 0.15) is 0 Å². The summed E-state index contributed by atoms with van der Waals surface area (Å²) in [7, 11) is 0. The van der Waals surface area contributed by atoms with Crippen molar-refractivity contribution in [3.63, 3.8) is 0 Å². The molecule has 0 aromatic rings. The van der Waals surface area contributed by atoms with Crippen molar-refractivity contribution >= 4 is 0 Å². The molecule has 1 N–H and O–H groups in total. The maximum absolute atomic E-state index is 9.52. The lowest BCUT2D eigenvalue weighted by Crippen LogP contribution is -2.19. The van der Waals surface area contributed by atoms with Crippen LogP contribution >= 0.6 is 0 Å². The third-order valence-electron chi connectivity index (χ3n) is 1.96. The fourth-order valence-electron chi connectivity index (χ4n) is 0.697. The van der Waals surface area contributed by atoms with E-state index in [0.717, 1.165) is 12.8 Å². The topological polar surface area (TPSA) is 20.2 Å². The van der Waals surface area contributed by atoms with Gasteiger partial charge in [-0.25, -0.2) is 0 Å². The SMILES string of the molecule is C=CC(C)(O)CC/C(C)=C/C. The summed E-state index contributed by atoms with van der Waals surface area (Å²) in [4.78, 5) is 0. The average molecular weight is 154 g/mol. The highest BCUT2D eigenvalue weighted by atomic mass is 16.3.